The third-order valence-corrected chi connectivity index (χ3v) is 4.84. The van der Waals surface area contributed by atoms with E-state index in [2.05, 4.69) is 27.0 Å². The lowest BCUT2D eigenvalue weighted by atomic mass is 10.1. The lowest BCUT2D eigenvalue weighted by Crippen LogP contribution is -2.36. The number of benzene rings is 1. The molecule has 1 aliphatic heterocycles. The summed E-state index contributed by atoms with van der Waals surface area (Å²) in [5.41, 5.74) is 7.03. The highest BCUT2D eigenvalue weighted by Crippen LogP contribution is 2.31. The number of anilines is 1. The van der Waals surface area contributed by atoms with Crippen molar-refractivity contribution in [3.8, 4) is 0 Å². The van der Waals surface area contributed by atoms with Gasteiger partial charge in [0.2, 0.25) is 0 Å². The molecule has 1 aliphatic rings. The maximum absolute atomic E-state index is 5.98. The van der Waals surface area contributed by atoms with Crippen molar-refractivity contribution >= 4 is 29.2 Å². The van der Waals surface area contributed by atoms with Crippen LogP contribution in [0.4, 0.5) is 5.82 Å². The molecule has 0 aliphatic carbocycles. The van der Waals surface area contributed by atoms with Crippen LogP contribution in [0.3, 0.4) is 0 Å². The van der Waals surface area contributed by atoms with Crippen molar-refractivity contribution in [2.75, 3.05) is 23.8 Å². The van der Waals surface area contributed by atoms with Crippen molar-refractivity contribution < 1.29 is 0 Å². The van der Waals surface area contributed by atoms with E-state index < -0.39 is 0 Å². The second-order valence-electron chi connectivity index (χ2n) is 5.01. The van der Waals surface area contributed by atoms with Crippen LogP contribution in [0, 0.1) is 0 Å². The topological polar surface area (TPSA) is 55.0 Å². The van der Waals surface area contributed by atoms with E-state index in [4.69, 9.17) is 17.3 Å². The van der Waals surface area contributed by atoms with Gasteiger partial charge in [0.05, 0.1) is 6.54 Å². The van der Waals surface area contributed by atoms with Crippen molar-refractivity contribution in [3.63, 3.8) is 0 Å². The number of nitrogens with two attached hydrogens (primary N) is 1. The lowest BCUT2D eigenvalue weighted by Gasteiger charge is -2.35. The molecular weight excluding hydrogens is 304 g/mol. The normalized spacial score (nSPS) is 19.6. The van der Waals surface area contributed by atoms with Gasteiger partial charge in [0, 0.05) is 35.3 Å². The van der Waals surface area contributed by atoms with Gasteiger partial charge in [-0.3, -0.25) is 4.90 Å². The Morgan fingerprint density at radius 1 is 1.29 bits per heavy atom. The zero-order valence-corrected chi connectivity index (χ0v) is 13.1. The van der Waals surface area contributed by atoms with Crippen LogP contribution in [0.2, 0.25) is 5.02 Å². The molecule has 2 heterocycles. The number of halogens is 1. The van der Waals surface area contributed by atoms with Crippen LogP contribution in [0.15, 0.2) is 36.5 Å². The summed E-state index contributed by atoms with van der Waals surface area (Å²) in [5.74, 6) is 3.51. The minimum absolute atomic E-state index is 0.367. The van der Waals surface area contributed by atoms with E-state index in [9.17, 15) is 0 Å². The second-order valence-corrected chi connectivity index (χ2v) is 6.60. The smallest absolute Gasteiger partial charge is 0.144 e. The van der Waals surface area contributed by atoms with E-state index in [0.717, 1.165) is 35.4 Å². The average Bonchev–Trinajstić information content (AvgIpc) is 2.49. The van der Waals surface area contributed by atoms with E-state index in [1.54, 1.807) is 12.3 Å². The summed E-state index contributed by atoms with van der Waals surface area (Å²) in [4.78, 5) is 11.0. The molecule has 0 bridgehead atoms. The third kappa shape index (κ3) is 3.67. The number of aromatic nitrogens is 2. The Bertz CT molecular complexity index is 605. The maximum atomic E-state index is 5.98. The second kappa shape index (κ2) is 6.64. The van der Waals surface area contributed by atoms with Gasteiger partial charge in [-0.15, -0.1) is 0 Å². The summed E-state index contributed by atoms with van der Waals surface area (Å²) in [6.07, 6.45) is 1.72. The van der Waals surface area contributed by atoms with Crippen LogP contribution in [-0.4, -0.2) is 32.9 Å². The van der Waals surface area contributed by atoms with Crippen molar-refractivity contribution in [2.45, 2.75) is 12.6 Å². The molecule has 0 saturated carbocycles. The number of nitrogen functional groups attached to an aromatic ring is 1. The molecule has 21 heavy (non-hydrogen) atoms. The largest absolute Gasteiger partial charge is 0.384 e. The molecule has 3 rings (SSSR count). The predicted octanol–water partition coefficient (Wildman–Crippen LogP) is 3.00. The molecule has 0 spiro atoms. The van der Waals surface area contributed by atoms with E-state index in [1.165, 1.54) is 5.56 Å². The number of hydrogen-bond acceptors (Lipinski definition) is 5. The van der Waals surface area contributed by atoms with Crippen molar-refractivity contribution in [1.82, 2.24) is 14.9 Å². The van der Waals surface area contributed by atoms with Crippen molar-refractivity contribution in [3.05, 3.63) is 52.9 Å². The number of rotatable bonds is 3. The molecule has 1 unspecified atom stereocenters. The van der Waals surface area contributed by atoms with Gasteiger partial charge in [-0.2, -0.15) is 11.8 Å². The zero-order valence-electron chi connectivity index (χ0n) is 11.6. The molecule has 1 fully saturated rings. The molecular formula is C15H17ClN4S. The molecule has 1 atom stereocenters. The molecule has 0 amide bonds. The standard InChI is InChI=1S/C15H17ClN4S/c16-12-3-1-11(2-4-12)13-10-21-8-7-20(13)9-15-18-6-5-14(17)19-15/h1-6,13H,7-10H2,(H2,17,18,19). The minimum atomic E-state index is 0.367. The Morgan fingerprint density at radius 3 is 2.86 bits per heavy atom. The van der Waals surface area contributed by atoms with E-state index >= 15 is 0 Å². The van der Waals surface area contributed by atoms with Gasteiger partial charge in [0.15, 0.2) is 0 Å². The molecule has 1 saturated heterocycles. The van der Waals surface area contributed by atoms with Crippen molar-refractivity contribution in [2.24, 2.45) is 0 Å². The fourth-order valence-electron chi connectivity index (χ4n) is 2.49. The van der Waals surface area contributed by atoms with E-state index in [0.29, 0.717) is 11.9 Å². The highest BCUT2D eigenvalue weighted by Gasteiger charge is 2.25. The summed E-state index contributed by atoms with van der Waals surface area (Å²) >= 11 is 7.96. The van der Waals surface area contributed by atoms with Crippen LogP contribution in [0.25, 0.3) is 0 Å². The van der Waals surface area contributed by atoms with Gasteiger partial charge in [0.25, 0.3) is 0 Å². The Balaban J connectivity index is 1.79. The molecule has 2 N–H and O–H groups in total. The summed E-state index contributed by atoms with van der Waals surface area (Å²) in [6.45, 7) is 1.75. The molecule has 110 valence electrons. The third-order valence-electron chi connectivity index (χ3n) is 3.57. The predicted molar refractivity (Wildman–Crippen MR) is 88.4 cm³/mol. The Kier molecular flexibility index (Phi) is 4.63. The van der Waals surface area contributed by atoms with Crippen LogP contribution in [-0.2, 0) is 6.54 Å². The first-order valence-electron chi connectivity index (χ1n) is 6.87. The molecule has 2 aromatic rings. The summed E-state index contributed by atoms with van der Waals surface area (Å²) < 4.78 is 0. The Labute approximate surface area is 133 Å². The summed E-state index contributed by atoms with van der Waals surface area (Å²) in [6, 6.07) is 10.2. The first-order valence-corrected chi connectivity index (χ1v) is 8.40. The summed E-state index contributed by atoms with van der Waals surface area (Å²) in [7, 11) is 0. The monoisotopic (exact) mass is 320 g/mol. The SMILES string of the molecule is Nc1ccnc(CN2CCSCC2c2ccc(Cl)cc2)n1. The van der Waals surface area contributed by atoms with Gasteiger partial charge < -0.3 is 5.73 Å². The van der Waals surface area contributed by atoms with Gasteiger partial charge in [-0.1, -0.05) is 23.7 Å². The number of hydrogen-bond donors (Lipinski definition) is 1. The van der Waals surface area contributed by atoms with Crippen molar-refractivity contribution in [1.29, 1.82) is 0 Å². The highest BCUT2D eigenvalue weighted by atomic mass is 35.5. The van der Waals surface area contributed by atoms with E-state index in [1.807, 2.05) is 23.9 Å². The molecule has 0 radical (unpaired) electrons. The van der Waals surface area contributed by atoms with Crippen LogP contribution >= 0.6 is 23.4 Å². The molecule has 6 heteroatoms. The average molecular weight is 321 g/mol. The molecule has 1 aromatic heterocycles. The molecule has 4 nitrogen and oxygen atoms in total. The quantitative estimate of drug-likeness (QED) is 0.942. The van der Waals surface area contributed by atoms with Crippen LogP contribution in [0.5, 0.6) is 0 Å². The first-order chi connectivity index (χ1) is 10.2. The number of thioether (sulfide) groups is 1. The van der Waals surface area contributed by atoms with Gasteiger partial charge in [-0.05, 0) is 23.8 Å². The lowest BCUT2D eigenvalue weighted by molar-refractivity contribution is 0.207. The Morgan fingerprint density at radius 2 is 2.10 bits per heavy atom. The highest BCUT2D eigenvalue weighted by molar-refractivity contribution is 7.99. The Hall–Kier alpha value is -1.30. The zero-order chi connectivity index (χ0) is 14.7. The summed E-state index contributed by atoms with van der Waals surface area (Å²) in [5, 5.41) is 0.771. The fourth-order valence-corrected chi connectivity index (χ4v) is 3.77. The van der Waals surface area contributed by atoms with Crippen LogP contribution < -0.4 is 5.73 Å². The van der Waals surface area contributed by atoms with Gasteiger partial charge in [-0.25, -0.2) is 9.97 Å². The maximum Gasteiger partial charge on any atom is 0.144 e. The molecule has 1 aromatic carbocycles. The van der Waals surface area contributed by atoms with Gasteiger partial charge >= 0.3 is 0 Å². The van der Waals surface area contributed by atoms with E-state index in [-0.39, 0.29) is 0 Å². The van der Waals surface area contributed by atoms with Gasteiger partial charge in [0.1, 0.15) is 11.6 Å². The minimum Gasteiger partial charge on any atom is -0.384 e. The number of nitrogens with zero attached hydrogens (tertiary/aromatic N) is 3. The van der Waals surface area contributed by atoms with Crippen LogP contribution in [0.1, 0.15) is 17.4 Å². The first kappa shape index (κ1) is 14.6. The fraction of sp³-hybridized carbons (Fsp3) is 0.333.